The number of aromatic nitrogens is 1. The van der Waals surface area contributed by atoms with Crippen LogP contribution in [0.1, 0.15) is 26.7 Å². The highest BCUT2D eigenvalue weighted by Crippen LogP contribution is 2.30. The fraction of sp³-hybridized carbons (Fsp3) is 0.348. The molecular formula is C23H25FN2O3S. The minimum atomic E-state index is -4.01. The molecule has 1 aliphatic heterocycles. The number of benzene rings is 2. The van der Waals surface area contributed by atoms with Crippen LogP contribution < -0.4 is 10.3 Å². The molecule has 2 aromatic carbocycles. The highest BCUT2D eigenvalue weighted by molar-refractivity contribution is 7.91. The Kier molecular flexibility index (Phi) is 5.40. The standard InChI is InChI=1S/C23H25FN2O3S/c1-3-25-15-22(30(28,29)17-9-5-4-6-10-17)23(27)18-12-19(24)21(13-20(18)25)26-11-7-8-16(2)14-26/h4-6,9-10,12-13,15-16H,3,7-8,11,14H2,1-2H3/t16-/m0/s1. The maximum atomic E-state index is 15.1. The van der Waals surface area contributed by atoms with Crippen LogP contribution in [0.5, 0.6) is 0 Å². The Hall–Kier alpha value is -2.67. The quantitative estimate of drug-likeness (QED) is 0.624. The van der Waals surface area contributed by atoms with E-state index in [0.717, 1.165) is 25.9 Å². The third-order valence-corrected chi connectivity index (χ3v) is 7.56. The molecule has 1 aliphatic rings. The predicted octanol–water partition coefficient (Wildman–Crippen LogP) is 4.23. The van der Waals surface area contributed by atoms with E-state index in [2.05, 4.69) is 6.92 Å². The second-order valence-electron chi connectivity index (χ2n) is 7.94. The molecule has 0 bridgehead atoms. The van der Waals surface area contributed by atoms with Gasteiger partial charge in [0.15, 0.2) is 0 Å². The van der Waals surface area contributed by atoms with Crippen LogP contribution in [-0.2, 0) is 16.4 Å². The van der Waals surface area contributed by atoms with Gasteiger partial charge in [-0.1, -0.05) is 25.1 Å². The van der Waals surface area contributed by atoms with E-state index in [-0.39, 0.29) is 15.2 Å². The first-order valence-electron chi connectivity index (χ1n) is 10.2. The molecular weight excluding hydrogens is 403 g/mol. The topological polar surface area (TPSA) is 59.4 Å². The van der Waals surface area contributed by atoms with Crippen molar-refractivity contribution < 1.29 is 12.8 Å². The molecule has 3 aromatic rings. The third-order valence-electron chi connectivity index (χ3n) is 5.80. The molecule has 0 saturated carbocycles. The maximum absolute atomic E-state index is 15.1. The lowest BCUT2D eigenvalue weighted by atomic mass is 9.99. The van der Waals surface area contributed by atoms with Gasteiger partial charge in [-0.25, -0.2) is 12.8 Å². The average Bonchev–Trinajstić information content (AvgIpc) is 2.74. The van der Waals surface area contributed by atoms with Gasteiger partial charge >= 0.3 is 0 Å². The second-order valence-corrected chi connectivity index (χ2v) is 9.86. The Morgan fingerprint density at radius 1 is 1.17 bits per heavy atom. The van der Waals surface area contributed by atoms with Gasteiger partial charge < -0.3 is 9.47 Å². The van der Waals surface area contributed by atoms with E-state index >= 15 is 4.39 Å². The molecule has 1 saturated heterocycles. The molecule has 4 rings (SSSR count). The summed E-state index contributed by atoms with van der Waals surface area (Å²) in [5.41, 5.74) is 0.342. The summed E-state index contributed by atoms with van der Waals surface area (Å²) >= 11 is 0. The molecule has 1 aromatic heterocycles. The van der Waals surface area contributed by atoms with Gasteiger partial charge in [0.2, 0.25) is 15.3 Å². The molecule has 2 heterocycles. The zero-order valence-corrected chi connectivity index (χ0v) is 18.0. The van der Waals surface area contributed by atoms with Crippen molar-refractivity contribution >= 4 is 26.4 Å². The first-order chi connectivity index (χ1) is 14.3. The van der Waals surface area contributed by atoms with Gasteiger partial charge in [-0.15, -0.1) is 0 Å². The lowest BCUT2D eigenvalue weighted by Crippen LogP contribution is -2.35. The fourth-order valence-electron chi connectivity index (χ4n) is 4.20. The average molecular weight is 429 g/mol. The van der Waals surface area contributed by atoms with E-state index in [1.54, 1.807) is 28.8 Å². The fourth-order valence-corrected chi connectivity index (χ4v) is 5.59. The van der Waals surface area contributed by atoms with E-state index < -0.39 is 21.1 Å². The molecule has 158 valence electrons. The van der Waals surface area contributed by atoms with Crippen LogP contribution in [0.2, 0.25) is 0 Å². The molecule has 0 unspecified atom stereocenters. The van der Waals surface area contributed by atoms with Crippen molar-refractivity contribution in [3.05, 3.63) is 64.7 Å². The van der Waals surface area contributed by atoms with Crippen LogP contribution in [0.4, 0.5) is 10.1 Å². The first kappa shape index (κ1) is 20.6. The minimum Gasteiger partial charge on any atom is -0.369 e. The van der Waals surface area contributed by atoms with Crippen molar-refractivity contribution in [2.24, 2.45) is 5.92 Å². The SMILES string of the molecule is CCn1cc(S(=O)(=O)c2ccccc2)c(=O)c2cc(F)c(N3CCC[C@H](C)C3)cc21. The zero-order chi connectivity index (χ0) is 21.5. The number of piperidine rings is 1. The molecule has 5 nitrogen and oxygen atoms in total. The number of aryl methyl sites for hydroxylation is 1. The van der Waals surface area contributed by atoms with Crippen molar-refractivity contribution in [2.75, 3.05) is 18.0 Å². The highest BCUT2D eigenvalue weighted by atomic mass is 32.2. The maximum Gasteiger partial charge on any atom is 0.211 e. The summed E-state index contributed by atoms with van der Waals surface area (Å²) in [6.07, 6.45) is 3.49. The monoisotopic (exact) mass is 428 g/mol. The molecule has 0 aliphatic carbocycles. The third kappa shape index (κ3) is 3.51. The summed E-state index contributed by atoms with van der Waals surface area (Å²) in [6.45, 7) is 6.00. The van der Waals surface area contributed by atoms with E-state index in [1.165, 1.54) is 24.4 Å². The van der Waals surface area contributed by atoms with Crippen molar-refractivity contribution in [1.29, 1.82) is 0 Å². The Morgan fingerprint density at radius 3 is 2.57 bits per heavy atom. The summed E-state index contributed by atoms with van der Waals surface area (Å²) in [4.78, 5) is 14.9. The number of nitrogens with zero attached hydrogens (tertiary/aromatic N) is 2. The highest BCUT2D eigenvalue weighted by Gasteiger charge is 2.25. The minimum absolute atomic E-state index is 0.0449. The van der Waals surface area contributed by atoms with Gasteiger partial charge in [0.25, 0.3) is 0 Å². The molecule has 0 spiro atoms. The lowest BCUT2D eigenvalue weighted by Gasteiger charge is -2.33. The van der Waals surface area contributed by atoms with Gasteiger partial charge in [0.05, 0.1) is 21.5 Å². The summed E-state index contributed by atoms with van der Waals surface area (Å²) in [5.74, 6) is -0.0220. The van der Waals surface area contributed by atoms with Crippen molar-refractivity contribution in [3.63, 3.8) is 0 Å². The number of fused-ring (bicyclic) bond motifs is 1. The number of anilines is 1. The van der Waals surface area contributed by atoms with Gasteiger partial charge in [-0.05, 0) is 49.9 Å². The van der Waals surface area contributed by atoms with E-state index in [0.29, 0.717) is 23.7 Å². The Balaban J connectivity index is 1.92. The largest absolute Gasteiger partial charge is 0.369 e. The summed E-state index contributed by atoms with van der Waals surface area (Å²) < 4.78 is 42.9. The van der Waals surface area contributed by atoms with Crippen molar-refractivity contribution in [3.8, 4) is 0 Å². The van der Waals surface area contributed by atoms with Crippen LogP contribution in [0, 0.1) is 11.7 Å². The Morgan fingerprint density at radius 2 is 1.90 bits per heavy atom. The van der Waals surface area contributed by atoms with Gasteiger partial charge in [0.1, 0.15) is 10.7 Å². The number of rotatable bonds is 4. The van der Waals surface area contributed by atoms with Crippen LogP contribution in [-0.4, -0.2) is 26.1 Å². The van der Waals surface area contributed by atoms with Crippen LogP contribution in [0.25, 0.3) is 10.9 Å². The predicted molar refractivity (Wildman–Crippen MR) is 116 cm³/mol. The van der Waals surface area contributed by atoms with E-state index in [9.17, 15) is 13.2 Å². The Bertz CT molecular complexity index is 1250. The zero-order valence-electron chi connectivity index (χ0n) is 17.1. The molecule has 1 atom stereocenters. The van der Waals surface area contributed by atoms with Gasteiger partial charge in [0, 0.05) is 25.8 Å². The Labute approximate surface area is 175 Å². The van der Waals surface area contributed by atoms with Gasteiger partial charge in [-0.3, -0.25) is 4.79 Å². The molecule has 1 fully saturated rings. The van der Waals surface area contributed by atoms with Crippen molar-refractivity contribution in [2.45, 2.75) is 43.0 Å². The normalized spacial score (nSPS) is 17.4. The van der Waals surface area contributed by atoms with Crippen molar-refractivity contribution in [1.82, 2.24) is 4.57 Å². The molecule has 30 heavy (non-hydrogen) atoms. The summed E-state index contributed by atoms with van der Waals surface area (Å²) in [7, 11) is -4.01. The van der Waals surface area contributed by atoms with Crippen LogP contribution >= 0.6 is 0 Å². The smallest absolute Gasteiger partial charge is 0.211 e. The lowest BCUT2D eigenvalue weighted by molar-refractivity contribution is 0.442. The number of halogens is 1. The molecule has 7 heteroatoms. The van der Waals surface area contributed by atoms with Crippen LogP contribution in [0.15, 0.2) is 63.2 Å². The first-order valence-corrected chi connectivity index (χ1v) is 11.7. The van der Waals surface area contributed by atoms with E-state index in [1.807, 2.05) is 11.8 Å². The number of pyridine rings is 1. The molecule has 0 radical (unpaired) electrons. The molecule has 0 N–H and O–H groups in total. The van der Waals surface area contributed by atoms with E-state index in [4.69, 9.17) is 0 Å². The summed E-state index contributed by atoms with van der Waals surface area (Å²) in [5, 5.41) is 0.0835. The number of hydrogen-bond donors (Lipinski definition) is 0. The molecule has 0 amide bonds. The summed E-state index contributed by atoms with van der Waals surface area (Å²) in [6, 6.07) is 10.7. The number of sulfone groups is 1. The second kappa shape index (κ2) is 7.87. The van der Waals surface area contributed by atoms with Gasteiger partial charge in [-0.2, -0.15) is 0 Å². The van der Waals surface area contributed by atoms with Crippen LogP contribution in [0.3, 0.4) is 0 Å². The number of hydrogen-bond acceptors (Lipinski definition) is 4.